The molecule has 0 bridgehead atoms. The van der Waals surface area contributed by atoms with Gasteiger partial charge in [0, 0.05) is 13.6 Å². The van der Waals surface area contributed by atoms with E-state index in [9.17, 15) is 0 Å². The number of hydrogen-bond donors (Lipinski definition) is 1. The minimum atomic E-state index is 0.873. The molecule has 2 aromatic heterocycles. The van der Waals surface area contributed by atoms with Crippen molar-refractivity contribution in [2.24, 2.45) is 7.05 Å². The first-order chi connectivity index (χ1) is 9.33. The molecule has 19 heavy (non-hydrogen) atoms. The summed E-state index contributed by atoms with van der Waals surface area (Å²) in [5, 5.41) is 8.58. The number of aryl methyl sites for hydroxylation is 1. The Kier molecular flexibility index (Phi) is 5.44. The van der Waals surface area contributed by atoms with Crippen LogP contribution in [0.3, 0.4) is 0 Å². The van der Waals surface area contributed by atoms with Gasteiger partial charge in [0.15, 0.2) is 5.65 Å². The Balaban J connectivity index is 1.79. The fourth-order valence-corrected chi connectivity index (χ4v) is 2.53. The highest BCUT2D eigenvalue weighted by Crippen LogP contribution is 2.17. The van der Waals surface area contributed by atoms with E-state index in [4.69, 9.17) is 0 Å². The lowest BCUT2D eigenvalue weighted by molar-refractivity contribution is 0.688. The monoisotopic (exact) mass is 279 g/mol. The van der Waals surface area contributed by atoms with Crippen molar-refractivity contribution in [3.8, 4) is 0 Å². The van der Waals surface area contributed by atoms with Gasteiger partial charge in [-0.1, -0.05) is 12.8 Å². The smallest absolute Gasteiger partial charge is 0.163 e. The predicted octanol–water partition coefficient (Wildman–Crippen LogP) is 2.70. The number of aromatic nitrogens is 4. The number of fused-ring (bicyclic) bond motifs is 1. The molecule has 0 unspecified atom stereocenters. The molecule has 0 saturated carbocycles. The van der Waals surface area contributed by atoms with Crippen molar-refractivity contribution in [3.63, 3.8) is 0 Å². The molecule has 0 aliphatic heterocycles. The first-order valence-electron chi connectivity index (χ1n) is 6.68. The molecule has 2 heterocycles. The van der Waals surface area contributed by atoms with E-state index in [1.807, 2.05) is 25.0 Å². The van der Waals surface area contributed by atoms with E-state index < -0.39 is 0 Å². The summed E-state index contributed by atoms with van der Waals surface area (Å²) in [6.45, 7) is 0.959. The second kappa shape index (κ2) is 7.33. The molecule has 0 aliphatic rings. The SMILES string of the molecule is CSCCCCCCNc1ncnc2c1cnn2C. The van der Waals surface area contributed by atoms with Crippen molar-refractivity contribution in [3.05, 3.63) is 12.5 Å². The molecule has 0 aliphatic carbocycles. The molecule has 2 aromatic rings. The van der Waals surface area contributed by atoms with Gasteiger partial charge in [-0.3, -0.25) is 4.68 Å². The van der Waals surface area contributed by atoms with Crippen LogP contribution in [0.4, 0.5) is 5.82 Å². The maximum absolute atomic E-state index is 4.29. The van der Waals surface area contributed by atoms with Gasteiger partial charge in [0.25, 0.3) is 0 Å². The highest BCUT2D eigenvalue weighted by molar-refractivity contribution is 7.98. The lowest BCUT2D eigenvalue weighted by Gasteiger charge is -2.06. The highest BCUT2D eigenvalue weighted by Gasteiger charge is 2.06. The summed E-state index contributed by atoms with van der Waals surface area (Å²) in [5.74, 6) is 2.16. The van der Waals surface area contributed by atoms with Gasteiger partial charge in [0.05, 0.1) is 11.6 Å². The minimum Gasteiger partial charge on any atom is -0.369 e. The average molecular weight is 279 g/mol. The fourth-order valence-electron chi connectivity index (χ4n) is 2.03. The van der Waals surface area contributed by atoms with Gasteiger partial charge in [-0.05, 0) is 24.9 Å². The largest absolute Gasteiger partial charge is 0.369 e. The maximum Gasteiger partial charge on any atom is 0.163 e. The van der Waals surface area contributed by atoms with E-state index in [0.717, 1.165) is 23.4 Å². The van der Waals surface area contributed by atoms with Crippen LogP contribution in [0, 0.1) is 0 Å². The van der Waals surface area contributed by atoms with Gasteiger partial charge in [-0.15, -0.1) is 0 Å². The number of thioether (sulfide) groups is 1. The first kappa shape index (κ1) is 14.1. The van der Waals surface area contributed by atoms with E-state index >= 15 is 0 Å². The number of nitrogens with one attached hydrogen (secondary N) is 1. The zero-order valence-electron chi connectivity index (χ0n) is 11.6. The second-order valence-corrected chi connectivity index (χ2v) is 5.55. The molecule has 104 valence electrons. The third kappa shape index (κ3) is 3.83. The Morgan fingerprint density at radius 3 is 2.89 bits per heavy atom. The van der Waals surface area contributed by atoms with Gasteiger partial charge in [0.2, 0.25) is 0 Å². The Morgan fingerprint density at radius 1 is 1.21 bits per heavy atom. The number of unbranched alkanes of at least 4 members (excludes halogenated alkanes) is 3. The Bertz CT molecular complexity index is 511. The van der Waals surface area contributed by atoms with Crippen molar-refractivity contribution in [2.45, 2.75) is 25.7 Å². The van der Waals surface area contributed by atoms with Crippen LogP contribution in [0.5, 0.6) is 0 Å². The van der Waals surface area contributed by atoms with E-state index in [1.165, 1.54) is 31.4 Å². The van der Waals surface area contributed by atoms with E-state index in [-0.39, 0.29) is 0 Å². The van der Waals surface area contributed by atoms with Crippen LogP contribution in [0.2, 0.25) is 0 Å². The van der Waals surface area contributed by atoms with Gasteiger partial charge in [-0.25, -0.2) is 9.97 Å². The van der Waals surface area contributed by atoms with Crippen molar-refractivity contribution in [2.75, 3.05) is 23.9 Å². The molecule has 2 rings (SSSR count). The summed E-state index contributed by atoms with van der Waals surface area (Å²) in [5.41, 5.74) is 0.873. The molecular formula is C13H21N5S. The molecule has 0 saturated heterocycles. The lowest BCUT2D eigenvalue weighted by Crippen LogP contribution is -2.04. The van der Waals surface area contributed by atoms with Gasteiger partial charge < -0.3 is 5.32 Å². The summed E-state index contributed by atoms with van der Waals surface area (Å²) in [6.07, 6.45) is 10.7. The summed E-state index contributed by atoms with van der Waals surface area (Å²) in [4.78, 5) is 8.52. The van der Waals surface area contributed by atoms with Crippen LogP contribution < -0.4 is 5.32 Å². The van der Waals surface area contributed by atoms with Gasteiger partial charge in [0.1, 0.15) is 12.1 Å². The quantitative estimate of drug-likeness (QED) is 0.753. The van der Waals surface area contributed by atoms with Crippen LogP contribution in [0.25, 0.3) is 11.0 Å². The van der Waals surface area contributed by atoms with Crippen LogP contribution in [-0.2, 0) is 7.05 Å². The molecule has 0 fully saturated rings. The average Bonchev–Trinajstić information content (AvgIpc) is 2.81. The Labute approximate surface area is 118 Å². The topological polar surface area (TPSA) is 55.6 Å². The molecule has 1 N–H and O–H groups in total. The summed E-state index contributed by atoms with van der Waals surface area (Å²) >= 11 is 1.92. The number of nitrogens with zero attached hydrogens (tertiary/aromatic N) is 4. The first-order valence-corrected chi connectivity index (χ1v) is 8.08. The molecule has 6 heteroatoms. The summed E-state index contributed by atoms with van der Waals surface area (Å²) < 4.78 is 1.77. The Hall–Kier alpha value is -1.30. The number of anilines is 1. The molecule has 0 aromatic carbocycles. The van der Waals surface area contributed by atoms with Crippen molar-refractivity contribution in [1.29, 1.82) is 0 Å². The predicted molar refractivity (Wildman–Crippen MR) is 81.6 cm³/mol. The molecule has 0 atom stereocenters. The summed E-state index contributed by atoms with van der Waals surface area (Å²) in [7, 11) is 1.89. The van der Waals surface area contributed by atoms with Crippen LogP contribution in [0.15, 0.2) is 12.5 Å². The third-order valence-electron chi connectivity index (χ3n) is 3.10. The standard InChI is InChI=1S/C13H21N5S/c1-18-13-11(9-17-18)12(15-10-16-13)14-7-5-3-4-6-8-19-2/h9-10H,3-8H2,1-2H3,(H,14,15,16). The van der Waals surface area contributed by atoms with Crippen molar-refractivity contribution in [1.82, 2.24) is 19.7 Å². The van der Waals surface area contributed by atoms with E-state index in [2.05, 4.69) is 26.6 Å². The Morgan fingerprint density at radius 2 is 2.05 bits per heavy atom. The number of hydrogen-bond acceptors (Lipinski definition) is 5. The van der Waals surface area contributed by atoms with Crippen LogP contribution >= 0.6 is 11.8 Å². The molecular weight excluding hydrogens is 258 g/mol. The van der Waals surface area contributed by atoms with Gasteiger partial charge in [-0.2, -0.15) is 16.9 Å². The normalized spacial score (nSPS) is 11.1. The maximum atomic E-state index is 4.29. The lowest BCUT2D eigenvalue weighted by atomic mass is 10.2. The number of rotatable bonds is 8. The fraction of sp³-hybridized carbons (Fsp3) is 0.615. The molecule has 0 amide bonds. The molecule has 0 spiro atoms. The van der Waals surface area contributed by atoms with Crippen LogP contribution in [0.1, 0.15) is 25.7 Å². The van der Waals surface area contributed by atoms with E-state index in [1.54, 1.807) is 11.0 Å². The zero-order valence-corrected chi connectivity index (χ0v) is 12.4. The minimum absolute atomic E-state index is 0.873. The molecule has 5 nitrogen and oxygen atoms in total. The second-order valence-electron chi connectivity index (χ2n) is 4.56. The van der Waals surface area contributed by atoms with Gasteiger partial charge >= 0.3 is 0 Å². The van der Waals surface area contributed by atoms with Crippen molar-refractivity contribution >= 4 is 28.6 Å². The third-order valence-corrected chi connectivity index (χ3v) is 3.79. The summed E-state index contributed by atoms with van der Waals surface area (Å²) in [6, 6.07) is 0. The molecule has 0 radical (unpaired) electrons. The zero-order chi connectivity index (χ0) is 13.5. The van der Waals surface area contributed by atoms with Crippen molar-refractivity contribution < 1.29 is 0 Å². The van der Waals surface area contributed by atoms with E-state index in [0.29, 0.717) is 0 Å². The highest BCUT2D eigenvalue weighted by atomic mass is 32.2. The van der Waals surface area contributed by atoms with Crippen LogP contribution in [-0.4, -0.2) is 38.3 Å².